The van der Waals surface area contributed by atoms with Crippen LogP contribution in [-0.2, 0) is 0 Å². The van der Waals surface area contributed by atoms with Gasteiger partial charge in [-0.3, -0.25) is 0 Å². The van der Waals surface area contributed by atoms with Gasteiger partial charge in [-0.2, -0.15) is 5.26 Å². The Morgan fingerprint density at radius 2 is 2.12 bits per heavy atom. The summed E-state index contributed by atoms with van der Waals surface area (Å²) in [4.78, 5) is 7.71. The third-order valence-electron chi connectivity index (χ3n) is 4.66. The molecule has 1 aliphatic heterocycles. The number of nitrogens with zero attached hydrogens (tertiary/aromatic N) is 2. The van der Waals surface area contributed by atoms with Crippen LogP contribution in [0, 0.1) is 17.1 Å². The van der Waals surface area contributed by atoms with Gasteiger partial charge in [0.2, 0.25) is 0 Å². The molecule has 0 radical (unpaired) electrons. The van der Waals surface area contributed by atoms with Crippen molar-refractivity contribution in [3.05, 3.63) is 53.6 Å². The van der Waals surface area contributed by atoms with E-state index in [1.165, 1.54) is 12.1 Å². The molecule has 0 saturated carbocycles. The summed E-state index contributed by atoms with van der Waals surface area (Å²) >= 11 is 0. The van der Waals surface area contributed by atoms with Gasteiger partial charge in [-0.25, -0.2) is 9.37 Å². The van der Waals surface area contributed by atoms with Gasteiger partial charge in [-0.05, 0) is 54.4 Å². The fourth-order valence-electron chi connectivity index (χ4n) is 3.40. The number of halogens is 1. The second-order valence-electron chi connectivity index (χ2n) is 6.14. The first-order valence-electron chi connectivity index (χ1n) is 8.36. The first-order valence-corrected chi connectivity index (χ1v) is 8.36. The number of hydrogen-bond acceptors (Lipinski definition) is 4. The number of fused-ring (bicyclic) bond motifs is 1. The van der Waals surface area contributed by atoms with Crippen molar-refractivity contribution in [2.45, 2.75) is 6.42 Å². The highest BCUT2D eigenvalue weighted by Gasteiger charge is 2.18. The number of ether oxygens (including phenoxy) is 1. The minimum atomic E-state index is -0.325. The Kier molecular flexibility index (Phi) is 4.15. The van der Waals surface area contributed by atoms with Crippen molar-refractivity contribution in [3.63, 3.8) is 0 Å². The average molecular weight is 348 g/mol. The summed E-state index contributed by atoms with van der Waals surface area (Å²) in [6.07, 6.45) is 2.46. The number of pyridine rings is 1. The minimum absolute atomic E-state index is 0.325. The van der Waals surface area contributed by atoms with Crippen LogP contribution in [-0.4, -0.2) is 30.2 Å². The summed E-state index contributed by atoms with van der Waals surface area (Å²) in [5.41, 5.74) is 4.82. The smallest absolute Gasteiger partial charge is 0.138 e. The lowest BCUT2D eigenvalue weighted by atomic mass is 9.98. The highest BCUT2D eigenvalue weighted by molar-refractivity contribution is 5.97. The first kappa shape index (κ1) is 16.3. The van der Waals surface area contributed by atoms with Crippen molar-refractivity contribution in [2.24, 2.45) is 0 Å². The van der Waals surface area contributed by atoms with Crippen molar-refractivity contribution in [1.82, 2.24) is 15.3 Å². The molecule has 3 heterocycles. The predicted molar refractivity (Wildman–Crippen MR) is 98.1 cm³/mol. The molecule has 0 atom stereocenters. The van der Waals surface area contributed by atoms with Crippen molar-refractivity contribution in [2.75, 3.05) is 20.2 Å². The molecule has 0 bridgehead atoms. The number of aromatic nitrogens is 2. The van der Waals surface area contributed by atoms with Gasteiger partial charge in [0.1, 0.15) is 17.2 Å². The summed E-state index contributed by atoms with van der Waals surface area (Å²) in [7, 11) is 1.57. The van der Waals surface area contributed by atoms with Crippen LogP contribution in [0.4, 0.5) is 4.39 Å². The lowest BCUT2D eigenvalue weighted by molar-refractivity contribution is 0.415. The van der Waals surface area contributed by atoms with Gasteiger partial charge in [-0.15, -0.1) is 0 Å². The zero-order valence-electron chi connectivity index (χ0n) is 14.3. The van der Waals surface area contributed by atoms with E-state index in [4.69, 9.17) is 4.74 Å². The van der Waals surface area contributed by atoms with Crippen LogP contribution < -0.4 is 10.1 Å². The summed E-state index contributed by atoms with van der Waals surface area (Å²) in [5, 5.41) is 13.5. The molecule has 26 heavy (non-hydrogen) atoms. The van der Waals surface area contributed by atoms with Crippen LogP contribution in [0.15, 0.2) is 42.1 Å². The third kappa shape index (κ3) is 2.72. The quantitative estimate of drug-likeness (QED) is 0.758. The number of hydrogen-bond donors (Lipinski definition) is 2. The number of aromatic amines is 1. The van der Waals surface area contributed by atoms with E-state index in [1.807, 2.05) is 12.1 Å². The topological polar surface area (TPSA) is 73.7 Å². The van der Waals surface area contributed by atoms with Crippen LogP contribution >= 0.6 is 0 Å². The third-order valence-corrected chi connectivity index (χ3v) is 4.66. The average Bonchev–Trinajstić information content (AvgIpc) is 3.12. The highest BCUT2D eigenvalue weighted by atomic mass is 19.1. The molecule has 130 valence electrons. The lowest BCUT2D eigenvalue weighted by Crippen LogP contribution is -2.24. The van der Waals surface area contributed by atoms with Gasteiger partial charge < -0.3 is 15.0 Å². The molecule has 4 rings (SSSR count). The molecule has 5 nitrogen and oxygen atoms in total. The molecular formula is C20H17FN4O. The normalized spacial score (nSPS) is 14.5. The zero-order chi connectivity index (χ0) is 18.1. The summed E-state index contributed by atoms with van der Waals surface area (Å²) in [5.74, 6) is 0.273. The zero-order valence-corrected chi connectivity index (χ0v) is 14.3. The maximum atomic E-state index is 13.8. The molecule has 2 aromatic heterocycles. The predicted octanol–water partition coefficient (Wildman–Crippen LogP) is 3.65. The van der Waals surface area contributed by atoms with Gasteiger partial charge in [-0.1, -0.05) is 0 Å². The van der Waals surface area contributed by atoms with E-state index in [9.17, 15) is 9.65 Å². The maximum Gasteiger partial charge on any atom is 0.138 e. The molecular weight excluding hydrogens is 331 g/mol. The van der Waals surface area contributed by atoms with E-state index in [1.54, 1.807) is 19.4 Å². The van der Waals surface area contributed by atoms with E-state index in [2.05, 4.69) is 21.4 Å². The van der Waals surface area contributed by atoms with E-state index in [-0.39, 0.29) is 5.82 Å². The Balaban J connectivity index is 1.92. The Morgan fingerprint density at radius 3 is 2.92 bits per heavy atom. The van der Waals surface area contributed by atoms with Crippen molar-refractivity contribution in [3.8, 4) is 22.9 Å². The monoisotopic (exact) mass is 348 g/mol. The van der Waals surface area contributed by atoms with Gasteiger partial charge >= 0.3 is 0 Å². The molecule has 6 heteroatoms. The molecule has 0 fully saturated rings. The van der Waals surface area contributed by atoms with Crippen LogP contribution in [0.2, 0.25) is 0 Å². The molecule has 0 aliphatic carbocycles. The van der Waals surface area contributed by atoms with Gasteiger partial charge in [0.15, 0.2) is 0 Å². The van der Waals surface area contributed by atoms with Crippen LogP contribution in [0.1, 0.15) is 12.1 Å². The fourth-order valence-corrected chi connectivity index (χ4v) is 3.40. The lowest BCUT2D eigenvalue weighted by Gasteiger charge is -2.15. The molecule has 1 aliphatic rings. The number of methoxy groups -OCH3 is 1. The number of nitrogens with one attached hydrogen (secondary N) is 2. The molecule has 0 amide bonds. The highest BCUT2D eigenvalue weighted by Crippen LogP contribution is 2.36. The van der Waals surface area contributed by atoms with Crippen molar-refractivity contribution >= 4 is 16.6 Å². The summed E-state index contributed by atoms with van der Waals surface area (Å²) in [6, 6.07) is 10.6. The summed E-state index contributed by atoms with van der Waals surface area (Å²) < 4.78 is 19.2. The van der Waals surface area contributed by atoms with E-state index in [0.29, 0.717) is 23.5 Å². The largest absolute Gasteiger partial charge is 0.496 e. The summed E-state index contributed by atoms with van der Waals surface area (Å²) in [6.45, 7) is 1.40. The van der Waals surface area contributed by atoms with Crippen molar-refractivity contribution < 1.29 is 9.13 Å². The standard InChI is InChI=1S/C20H17FN4O/c1-26-19-3-2-13(21)8-16(19)15-5-7-24-20-17(15)9-18(25-20)14-4-6-23-11-12(14)10-22/h2-3,5,7-9,23H,4,6,11H2,1H3,(H,24,25). The Labute approximate surface area is 150 Å². The molecule has 2 N–H and O–H groups in total. The SMILES string of the molecule is COc1ccc(F)cc1-c1ccnc2[nH]c(C3=C(C#N)CNCC3)cc12. The minimum Gasteiger partial charge on any atom is -0.496 e. The Bertz CT molecular complexity index is 1060. The second-order valence-corrected chi connectivity index (χ2v) is 6.14. The first-order chi connectivity index (χ1) is 12.7. The number of H-pyrrole nitrogens is 1. The Morgan fingerprint density at radius 1 is 1.23 bits per heavy atom. The van der Waals surface area contributed by atoms with Crippen LogP contribution in [0.5, 0.6) is 5.75 Å². The van der Waals surface area contributed by atoms with Gasteiger partial charge in [0, 0.05) is 35.0 Å². The van der Waals surface area contributed by atoms with Gasteiger partial charge in [0.25, 0.3) is 0 Å². The van der Waals surface area contributed by atoms with Crippen molar-refractivity contribution in [1.29, 1.82) is 5.26 Å². The van der Waals surface area contributed by atoms with Gasteiger partial charge in [0.05, 0.1) is 13.2 Å². The molecule has 0 unspecified atom stereocenters. The maximum absolute atomic E-state index is 13.8. The second kappa shape index (κ2) is 6.62. The molecule has 3 aromatic rings. The number of rotatable bonds is 3. The molecule has 0 saturated heterocycles. The van der Waals surface area contributed by atoms with Crippen LogP contribution in [0.25, 0.3) is 27.7 Å². The fraction of sp³-hybridized carbons (Fsp3) is 0.200. The Hall–Kier alpha value is -3.17. The number of nitriles is 1. The number of benzene rings is 1. The van der Waals surface area contributed by atoms with E-state index >= 15 is 0 Å². The molecule has 0 spiro atoms. The van der Waals surface area contributed by atoms with E-state index in [0.717, 1.165) is 40.8 Å². The van der Waals surface area contributed by atoms with Crippen LogP contribution in [0.3, 0.4) is 0 Å². The molecule has 1 aromatic carbocycles. The van der Waals surface area contributed by atoms with E-state index < -0.39 is 0 Å².